The van der Waals surface area contributed by atoms with Crippen molar-refractivity contribution in [1.82, 2.24) is 5.32 Å². The summed E-state index contributed by atoms with van der Waals surface area (Å²) in [7, 11) is -3.25. The highest BCUT2D eigenvalue weighted by Crippen LogP contribution is 2.35. The summed E-state index contributed by atoms with van der Waals surface area (Å²) in [6, 6.07) is 2.13. The summed E-state index contributed by atoms with van der Waals surface area (Å²) >= 11 is 0. The molecule has 0 spiro atoms. The Morgan fingerprint density at radius 2 is 1.84 bits per heavy atom. The zero-order valence-electron chi connectivity index (χ0n) is 11.8. The Morgan fingerprint density at radius 3 is 2.26 bits per heavy atom. The third-order valence-corrected chi connectivity index (χ3v) is 6.19. The van der Waals surface area contributed by atoms with Gasteiger partial charge >= 0.3 is 0 Å². The third-order valence-electron chi connectivity index (χ3n) is 4.03. The predicted octanol–water partition coefficient (Wildman–Crippen LogP) is 1.40. The molecule has 0 bridgehead atoms. The minimum atomic E-state index is -3.25. The lowest BCUT2D eigenvalue weighted by Crippen LogP contribution is -2.49. The SMILES string of the molecule is CC(C)(CNC(=O)C1(C#N)CCCCC1)S(C)(=O)=O. The van der Waals surface area contributed by atoms with Crippen molar-refractivity contribution >= 4 is 15.7 Å². The van der Waals surface area contributed by atoms with Crippen LogP contribution in [0.2, 0.25) is 0 Å². The molecule has 1 amide bonds. The van der Waals surface area contributed by atoms with E-state index in [2.05, 4.69) is 11.4 Å². The Hall–Kier alpha value is -1.09. The van der Waals surface area contributed by atoms with Gasteiger partial charge in [0.25, 0.3) is 0 Å². The van der Waals surface area contributed by atoms with Gasteiger partial charge in [-0.2, -0.15) is 5.26 Å². The molecular weight excluding hydrogens is 264 g/mol. The molecule has 0 radical (unpaired) electrons. The minimum absolute atomic E-state index is 0.0358. The number of nitriles is 1. The van der Waals surface area contributed by atoms with E-state index in [0.717, 1.165) is 25.5 Å². The molecule has 0 aromatic carbocycles. The van der Waals surface area contributed by atoms with Crippen molar-refractivity contribution in [3.05, 3.63) is 0 Å². The van der Waals surface area contributed by atoms with E-state index in [4.69, 9.17) is 0 Å². The maximum absolute atomic E-state index is 12.2. The van der Waals surface area contributed by atoms with Crippen molar-refractivity contribution in [3.63, 3.8) is 0 Å². The fraction of sp³-hybridized carbons (Fsp3) is 0.846. The number of hydrogen-bond donors (Lipinski definition) is 1. The average molecular weight is 286 g/mol. The summed E-state index contributed by atoms with van der Waals surface area (Å²) in [6.07, 6.45) is 5.07. The van der Waals surface area contributed by atoms with Crippen LogP contribution in [0.5, 0.6) is 0 Å². The topological polar surface area (TPSA) is 87.0 Å². The molecule has 0 heterocycles. The van der Waals surface area contributed by atoms with Gasteiger partial charge in [0.05, 0.1) is 10.8 Å². The van der Waals surface area contributed by atoms with E-state index in [1.807, 2.05) is 0 Å². The molecule has 0 aliphatic heterocycles. The first kappa shape index (κ1) is 16.0. The van der Waals surface area contributed by atoms with Gasteiger partial charge < -0.3 is 5.32 Å². The second-order valence-corrected chi connectivity index (χ2v) is 8.62. The van der Waals surface area contributed by atoms with Gasteiger partial charge in [0, 0.05) is 12.8 Å². The van der Waals surface area contributed by atoms with Crippen LogP contribution in [0.25, 0.3) is 0 Å². The van der Waals surface area contributed by atoms with E-state index in [1.165, 1.54) is 0 Å². The largest absolute Gasteiger partial charge is 0.353 e. The zero-order valence-corrected chi connectivity index (χ0v) is 12.6. The van der Waals surface area contributed by atoms with Crippen LogP contribution < -0.4 is 5.32 Å². The summed E-state index contributed by atoms with van der Waals surface area (Å²) in [5, 5.41) is 11.9. The van der Waals surface area contributed by atoms with Gasteiger partial charge in [-0.05, 0) is 26.7 Å². The summed E-state index contributed by atoms with van der Waals surface area (Å²) in [4.78, 5) is 12.2. The molecule has 19 heavy (non-hydrogen) atoms. The molecule has 0 atom stereocenters. The molecule has 0 aromatic heterocycles. The van der Waals surface area contributed by atoms with Gasteiger partial charge in [-0.1, -0.05) is 19.3 Å². The van der Waals surface area contributed by atoms with Crippen molar-refractivity contribution in [2.45, 2.75) is 50.7 Å². The van der Waals surface area contributed by atoms with Crippen LogP contribution in [-0.4, -0.2) is 31.9 Å². The Bertz CT molecular complexity index is 483. The van der Waals surface area contributed by atoms with Crippen LogP contribution in [0.15, 0.2) is 0 Å². The molecule has 1 N–H and O–H groups in total. The molecule has 1 rings (SSSR count). The molecule has 1 saturated carbocycles. The molecule has 6 heteroatoms. The van der Waals surface area contributed by atoms with Gasteiger partial charge in [-0.15, -0.1) is 0 Å². The normalized spacial score (nSPS) is 19.5. The quantitative estimate of drug-likeness (QED) is 0.846. The lowest BCUT2D eigenvalue weighted by Gasteiger charge is -2.31. The van der Waals surface area contributed by atoms with Crippen molar-refractivity contribution in [1.29, 1.82) is 5.26 Å². The highest BCUT2D eigenvalue weighted by molar-refractivity contribution is 7.92. The highest BCUT2D eigenvalue weighted by atomic mass is 32.2. The third kappa shape index (κ3) is 3.47. The van der Waals surface area contributed by atoms with Crippen LogP contribution in [0.3, 0.4) is 0 Å². The average Bonchev–Trinajstić information content (AvgIpc) is 2.35. The van der Waals surface area contributed by atoms with E-state index < -0.39 is 20.0 Å². The minimum Gasteiger partial charge on any atom is -0.353 e. The van der Waals surface area contributed by atoms with Crippen molar-refractivity contribution < 1.29 is 13.2 Å². The molecule has 1 fully saturated rings. The number of hydrogen-bond acceptors (Lipinski definition) is 4. The Morgan fingerprint density at radius 1 is 1.32 bits per heavy atom. The fourth-order valence-electron chi connectivity index (χ4n) is 2.14. The van der Waals surface area contributed by atoms with Crippen molar-refractivity contribution in [2.75, 3.05) is 12.8 Å². The second kappa shape index (κ2) is 5.49. The number of sulfone groups is 1. The van der Waals surface area contributed by atoms with Crippen molar-refractivity contribution in [2.24, 2.45) is 5.41 Å². The van der Waals surface area contributed by atoms with Crippen LogP contribution >= 0.6 is 0 Å². The van der Waals surface area contributed by atoms with E-state index in [1.54, 1.807) is 13.8 Å². The van der Waals surface area contributed by atoms with Crippen LogP contribution in [-0.2, 0) is 14.6 Å². The lowest BCUT2D eigenvalue weighted by molar-refractivity contribution is -0.129. The standard InChI is InChI=1S/C13H22N2O3S/c1-12(2,19(3,17)18)10-15-11(16)13(9-14)7-5-4-6-8-13/h4-8,10H2,1-3H3,(H,15,16). The van der Waals surface area contributed by atoms with Gasteiger partial charge in [0.15, 0.2) is 9.84 Å². The number of rotatable bonds is 4. The first-order valence-electron chi connectivity index (χ1n) is 6.54. The first-order chi connectivity index (χ1) is 8.65. The highest BCUT2D eigenvalue weighted by Gasteiger charge is 2.41. The second-order valence-electron chi connectivity index (χ2n) is 5.97. The maximum atomic E-state index is 12.2. The molecule has 0 unspecified atom stereocenters. The van der Waals surface area contributed by atoms with Crippen LogP contribution in [0.4, 0.5) is 0 Å². The molecule has 5 nitrogen and oxygen atoms in total. The molecule has 1 aliphatic carbocycles. The van der Waals surface area contributed by atoms with Gasteiger partial charge in [-0.25, -0.2) is 8.42 Å². The Balaban J connectivity index is 2.73. The summed E-state index contributed by atoms with van der Waals surface area (Å²) in [6.45, 7) is 3.18. The number of amides is 1. The molecule has 1 aliphatic rings. The number of nitrogens with zero attached hydrogens (tertiary/aromatic N) is 1. The molecule has 108 valence electrons. The summed E-state index contributed by atoms with van der Waals surface area (Å²) in [5.74, 6) is -0.327. The van der Waals surface area contributed by atoms with E-state index in [-0.39, 0.29) is 12.5 Å². The Labute approximate surface area is 115 Å². The summed E-state index contributed by atoms with van der Waals surface area (Å²) in [5.41, 5.74) is -0.966. The smallest absolute Gasteiger partial charge is 0.240 e. The predicted molar refractivity (Wildman–Crippen MR) is 73.1 cm³/mol. The molecular formula is C13H22N2O3S. The van der Waals surface area contributed by atoms with Crippen LogP contribution in [0.1, 0.15) is 46.0 Å². The molecule has 0 aromatic rings. The van der Waals surface area contributed by atoms with E-state index in [9.17, 15) is 18.5 Å². The fourth-order valence-corrected chi connectivity index (χ4v) is 2.47. The van der Waals surface area contributed by atoms with Crippen LogP contribution in [0, 0.1) is 16.7 Å². The zero-order chi connectivity index (χ0) is 14.7. The number of carbonyl (C=O) groups excluding carboxylic acids is 1. The monoisotopic (exact) mass is 286 g/mol. The lowest BCUT2D eigenvalue weighted by atomic mass is 9.74. The van der Waals surface area contributed by atoms with Crippen molar-refractivity contribution in [3.8, 4) is 6.07 Å². The number of nitrogens with one attached hydrogen (secondary N) is 1. The number of carbonyl (C=O) groups is 1. The van der Waals surface area contributed by atoms with Gasteiger partial charge in [0.2, 0.25) is 5.91 Å². The van der Waals surface area contributed by atoms with Gasteiger partial charge in [0.1, 0.15) is 5.41 Å². The first-order valence-corrected chi connectivity index (χ1v) is 8.43. The van der Waals surface area contributed by atoms with E-state index >= 15 is 0 Å². The van der Waals surface area contributed by atoms with Gasteiger partial charge in [-0.3, -0.25) is 4.79 Å². The Kier molecular flexibility index (Phi) is 4.62. The maximum Gasteiger partial charge on any atom is 0.240 e. The molecule has 0 saturated heterocycles. The summed E-state index contributed by atoms with van der Waals surface area (Å²) < 4.78 is 22.1. The van der Waals surface area contributed by atoms with E-state index in [0.29, 0.717) is 12.8 Å².